The van der Waals surface area contributed by atoms with Crippen LogP contribution in [0.2, 0.25) is 5.02 Å². The van der Waals surface area contributed by atoms with E-state index in [0.29, 0.717) is 21.7 Å². The zero-order chi connectivity index (χ0) is 19.1. The molecule has 136 valence electrons. The lowest BCUT2D eigenvalue weighted by atomic mass is 10.1. The number of amides is 1. The minimum Gasteiger partial charge on any atom is -0.443 e. The van der Waals surface area contributed by atoms with Crippen molar-refractivity contribution in [2.45, 2.75) is 13.8 Å². The van der Waals surface area contributed by atoms with Gasteiger partial charge in [-0.2, -0.15) is 5.10 Å². The second kappa shape index (κ2) is 6.55. The van der Waals surface area contributed by atoms with E-state index < -0.39 is 0 Å². The number of halogens is 1. The average Bonchev–Trinajstić information content (AvgIpc) is 3.26. The van der Waals surface area contributed by atoms with Crippen LogP contribution in [0.4, 0.5) is 5.69 Å². The van der Waals surface area contributed by atoms with Crippen LogP contribution in [0.25, 0.3) is 16.8 Å². The van der Waals surface area contributed by atoms with E-state index in [1.807, 2.05) is 44.2 Å². The zero-order valence-corrected chi connectivity index (χ0v) is 15.9. The standard InChI is InChI=1S/C20H17ClN4O2/c1-12-19(21)13(2)25(23-12)16-6-4-5-14(9-16)20(26)24(3)15-7-8-18-17(10-15)22-11-27-18/h4-11H,1-3H3. The molecule has 0 atom stereocenters. The number of rotatable bonds is 3. The molecule has 2 aromatic carbocycles. The number of nitrogens with zero attached hydrogens (tertiary/aromatic N) is 4. The van der Waals surface area contributed by atoms with Crippen LogP contribution in [0, 0.1) is 13.8 Å². The van der Waals surface area contributed by atoms with Crippen molar-refractivity contribution in [3.63, 3.8) is 0 Å². The predicted molar refractivity (Wildman–Crippen MR) is 105 cm³/mol. The maximum atomic E-state index is 13.0. The van der Waals surface area contributed by atoms with Crippen molar-refractivity contribution in [2.24, 2.45) is 0 Å². The van der Waals surface area contributed by atoms with Gasteiger partial charge in [0.1, 0.15) is 5.52 Å². The first kappa shape index (κ1) is 17.3. The Labute approximate surface area is 161 Å². The van der Waals surface area contributed by atoms with E-state index in [4.69, 9.17) is 16.0 Å². The van der Waals surface area contributed by atoms with Crippen molar-refractivity contribution in [3.8, 4) is 5.69 Å². The van der Waals surface area contributed by atoms with Crippen molar-refractivity contribution in [3.05, 3.63) is 70.8 Å². The van der Waals surface area contributed by atoms with Gasteiger partial charge in [-0.15, -0.1) is 0 Å². The molecule has 7 heteroatoms. The lowest BCUT2D eigenvalue weighted by Gasteiger charge is -2.18. The van der Waals surface area contributed by atoms with Crippen LogP contribution in [0.5, 0.6) is 0 Å². The van der Waals surface area contributed by atoms with Crippen molar-refractivity contribution in [2.75, 3.05) is 11.9 Å². The highest BCUT2D eigenvalue weighted by Gasteiger charge is 2.17. The fourth-order valence-corrected chi connectivity index (χ4v) is 3.13. The van der Waals surface area contributed by atoms with E-state index in [0.717, 1.165) is 22.8 Å². The lowest BCUT2D eigenvalue weighted by Crippen LogP contribution is -2.26. The van der Waals surface area contributed by atoms with E-state index in [-0.39, 0.29) is 5.91 Å². The molecule has 0 aliphatic heterocycles. The molecular formula is C20H17ClN4O2. The van der Waals surface area contributed by atoms with Crippen LogP contribution in [0.15, 0.2) is 53.3 Å². The van der Waals surface area contributed by atoms with Crippen molar-refractivity contribution in [1.82, 2.24) is 14.8 Å². The van der Waals surface area contributed by atoms with Crippen LogP contribution in [0.1, 0.15) is 21.7 Å². The molecule has 4 aromatic rings. The van der Waals surface area contributed by atoms with E-state index in [2.05, 4.69) is 10.1 Å². The summed E-state index contributed by atoms with van der Waals surface area (Å²) in [6.07, 6.45) is 1.39. The number of hydrogen-bond donors (Lipinski definition) is 0. The maximum absolute atomic E-state index is 13.0. The highest BCUT2D eigenvalue weighted by atomic mass is 35.5. The topological polar surface area (TPSA) is 64.2 Å². The molecule has 0 N–H and O–H groups in total. The molecule has 0 unspecified atom stereocenters. The Kier molecular flexibility index (Phi) is 4.20. The third kappa shape index (κ3) is 2.98. The van der Waals surface area contributed by atoms with Crippen molar-refractivity contribution >= 4 is 34.3 Å². The summed E-state index contributed by atoms with van der Waals surface area (Å²) in [5.74, 6) is -0.132. The van der Waals surface area contributed by atoms with Crippen LogP contribution in [-0.2, 0) is 0 Å². The highest BCUT2D eigenvalue weighted by molar-refractivity contribution is 6.31. The van der Waals surface area contributed by atoms with Crippen molar-refractivity contribution in [1.29, 1.82) is 0 Å². The molecule has 0 bridgehead atoms. The fraction of sp³-hybridized carbons (Fsp3) is 0.150. The van der Waals surface area contributed by atoms with E-state index >= 15 is 0 Å². The molecule has 27 heavy (non-hydrogen) atoms. The lowest BCUT2D eigenvalue weighted by molar-refractivity contribution is 0.0993. The quantitative estimate of drug-likeness (QED) is 0.522. The smallest absolute Gasteiger partial charge is 0.258 e. The summed E-state index contributed by atoms with van der Waals surface area (Å²) >= 11 is 6.25. The first-order valence-corrected chi connectivity index (χ1v) is 8.77. The predicted octanol–water partition coefficient (Wildman–Crippen LogP) is 4.56. The number of aromatic nitrogens is 3. The molecule has 1 amide bonds. The average molecular weight is 381 g/mol. The molecule has 0 aliphatic rings. The molecule has 0 spiro atoms. The van der Waals surface area contributed by atoms with Gasteiger partial charge in [0.2, 0.25) is 0 Å². The molecular weight excluding hydrogens is 364 g/mol. The number of fused-ring (bicyclic) bond motifs is 1. The minimum atomic E-state index is -0.132. The van der Waals surface area contributed by atoms with E-state index in [9.17, 15) is 4.79 Å². The molecule has 0 saturated heterocycles. The fourth-order valence-electron chi connectivity index (χ4n) is 3.01. The Hall–Kier alpha value is -3.12. The number of carbonyl (C=O) groups excluding carboxylic acids is 1. The van der Waals surface area contributed by atoms with Gasteiger partial charge >= 0.3 is 0 Å². The Morgan fingerprint density at radius 3 is 2.74 bits per heavy atom. The van der Waals surface area contributed by atoms with E-state index in [1.165, 1.54) is 6.39 Å². The normalized spacial score (nSPS) is 11.1. The Morgan fingerprint density at radius 1 is 1.19 bits per heavy atom. The Morgan fingerprint density at radius 2 is 2.00 bits per heavy atom. The van der Waals surface area contributed by atoms with Gasteiger partial charge in [0, 0.05) is 18.3 Å². The minimum absolute atomic E-state index is 0.132. The van der Waals surface area contributed by atoms with Gasteiger partial charge in [-0.05, 0) is 50.2 Å². The second-order valence-corrected chi connectivity index (χ2v) is 6.69. The first-order chi connectivity index (χ1) is 13.0. The van der Waals surface area contributed by atoms with Crippen LogP contribution >= 0.6 is 11.6 Å². The van der Waals surface area contributed by atoms with Crippen LogP contribution < -0.4 is 4.90 Å². The Bertz CT molecular complexity index is 1160. The maximum Gasteiger partial charge on any atom is 0.258 e. The van der Waals surface area contributed by atoms with Gasteiger partial charge in [0.05, 0.1) is 22.1 Å². The monoisotopic (exact) mass is 380 g/mol. The number of hydrogen-bond acceptors (Lipinski definition) is 4. The molecule has 0 fully saturated rings. The summed E-state index contributed by atoms with van der Waals surface area (Å²) in [6, 6.07) is 12.8. The van der Waals surface area contributed by atoms with Crippen LogP contribution in [0.3, 0.4) is 0 Å². The molecule has 6 nitrogen and oxygen atoms in total. The van der Waals surface area contributed by atoms with Gasteiger partial charge in [0.25, 0.3) is 5.91 Å². The summed E-state index contributed by atoms with van der Waals surface area (Å²) in [4.78, 5) is 18.7. The zero-order valence-electron chi connectivity index (χ0n) is 15.1. The third-order valence-corrected chi connectivity index (χ3v) is 5.09. The summed E-state index contributed by atoms with van der Waals surface area (Å²) in [5.41, 5.74) is 5.06. The van der Waals surface area contributed by atoms with Crippen LogP contribution in [-0.4, -0.2) is 27.7 Å². The summed E-state index contributed by atoms with van der Waals surface area (Å²) < 4.78 is 7.00. The number of carbonyl (C=O) groups is 1. The van der Waals surface area contributed by atoms with Gasteiger partial charge in [-0.25, -0.2) is 9.67 Å². The van der Waals surface area contributed by atoms with Gasteiger partial charge < -0.3 is 9.32 Å². The summed E-state index contributed by atoms with van der Waals surface area (Å²) in [7, 11) is 1.73. The molecule has 2 heterocycles. The SMILES string of the molecule is Cc1nn(-c2cccc(C(=O)N(C)c3ccc4ocnc4c3)c2)c(C)c1Cl. The molecule has 0 aliphatic carbocycles. The molecule has 0 saturated carbocycles. The number of anilines is 1. The molecule has 0 radical (unpaired) electrons. The number of oxazole rings is 1. The molecule has 4 rings (SSSR count). The summed E-state index contributed by atoms with van der Waals surface area (Å²) in [6.45, 7) is 3.75. The first-order valence-electron chi connectivity index (χ1n) is 8.39. The van der Waals surface area contributed by atoms with E-state index in [1.54, 1.807) is 28.8 Å². The van der Waals surface area contributed by atoms with Gasteiger partial charge in [-0.3, -0.25) is 4.79 Å². The van der Waals surface area contributed by atoms with Crippen molar-refractivity contribution < 1.29 is 9.21 Å². The second-order valence-electron chi connectivity index (χ2n) is 6.32. The molecule has 2 aromatic heterocycles. The van der Waals surface area contributed by atoms with Gasteiger partial charge in [0.15, 0.2) is 12.0 Å². The number of aryl methyl sites for hydroxylation is 1. The third-order valence-electron chi connectivity index (χ3n) is 4.55. The highest BCUT2D eigenvalue weighted by Crippen LogP contribution is 2.25. The largest absolute Gasteiger partial charge is 0.443 e. The Balaban J connectivity index is 1.68. The number of benzene rings is 2. The summed E-state index contributed by atoms with van der Waals surface area (Å²) in [5, 5.41) is 5.08. The van der Waals surface area contributed by atoms with Gasteiger partial charge in [-0.1, -0.05) is 17.7 Å².